The Labute approximate surface area is 88.2 Å². The number of hydrogen-bond acceptors (Lipinski definition) is 3. The van der Waals surface area contributed by atoms with Crippen LogP contribution in [0.4, 0.5) is 0 Å². The van der Waals surface area contributed by atoms with E-state index in [4.69, 9.17) is 9.47 Å². The maximum atomic E-state index is 5.73. The first-order valence-corrected chi connectivity index (χ1v) is 5.37. The lowest BCUT2D eigenvalue weighted by atomic mass is 10.1. The van der Waals surface area contributed by atoms with Gasteiger partial charge in [-0.15, -0.1) is 0 Å². The van der Waals surface area contributed by atoms with Crippen molar-refractivity contribution in [3.63, 3.8) is 0 Å². The lowest BCUT2D eigenvalue weighted by Gasteiger charge is -2.24. The Hall–Kier alpha value is -0.120. The van der Waals surface area contributed by atoms with Gasteiger partial charge >= 0.3 is 0 Å². The van der Waals surface area contributed by atoms with Crippen molar-refractivity contribution >= 4 is 0 Å². The lowest BCUT2D eigenvalue weighted by Crippen LogP contribution is -2.29. The van der Waals surface area contributed by atoms with Crippen LogP contribution in [0, 0.1) is 0 Å². The van der Waals surface area contributed by atoms with Gasteiger partial charge in [0.05, 0.1) is 11.7 Å². The van der Waals surface area contributed by atoms with E-state index in [1.54, 1.807) is 7.11 Å². The van der Waals surface area contributed by atoms with Crippen LogP contribution in [0.15, 0.2) is 0 Å². The first-order valence-electron chi connectivity index (χ1n) is 5.37. The average Bonchev–Trinajstić information content (AvgIpc) is 2.16. The second-order valence-electron chi connectivity index (χ2n) is 4.17. The van der Waals surface area contributed by atoms with E-state index >= 15 is 0 Å². The van der Waals surface area contributed by atoms with E-state index in [1.165, 1.54) is 0 Å². The molecule has 0 saturated heterocycles. The van der Waals surface area contributed by atoms with Crippen LogP contribution in [0.1, 0.15) is 33.6 Å². The zero-order valence-electron chi connectivity index (χ0n) is 10.2. The standard InChI is InChI=1S/C11H25NO2/c1-6-10(9-12-4)14-8-7-11(2,3)13-5/h10,12H,6-9H2,1-5H3. The van der Waals surface area contributed by atoms with Gasteiger partial charge in [-0.25, -0.2) is 0 Å². The molecule has 0 aromatic heterocycles. The van der Waals surface area contributed by atoms with Gasteiger partial charge in [0, 0.05) is 20.3 Å². The number of rotatable bonds is 8. The minimum absolute atomic E-state index is 0.0715. The SMILES string of the molecule is CCC(CNC)OCCC(C)(C)OC. The number of nitrogens with one attached hydrogen (secondary N) is 1. The molecule has 0 aromatic rings. The summed E-state index contributed by atoms with van der Waals surface area (Å²) >= 11 is 0. The second-order valence-corrected chi connectivity index (χ2v) is 4.17. The molecule has 0 aliphatic carbocycles. The van der Waals surface area contributed by atoms with Crippen LogP contribution >= 0.6 is 0 Å². The predicted molar refractivity (Wildman–Crippen MR) is 59.7 cm³/mol. The van der Waals surface area contributed by atoms with Crippen LogP contribution in [-0.2, 0) is 9.47 Å². The maximum Gasteiger partial charge on any atom is 0.0696 e. The van der Waals surface area contributed by atoms with Crippen molar-refractivity contribution in [1.82, 2.24) is 5.32 Å². The summed E-state index contributed by atoms with van der Waals surface area (Å²) < 4.78 is 11.0. The third-order valence-corrected chi connectivity index (χ3v) is 2.50. The van der Waals surface area contributed by atoms with E-state index in [0.717, 1.165) is 26.0 Å². The third kappa shape index (κ3) is 6.35. The van der Waals surface area contributed by atoms with Gasteiger partial charge in [-0.3, -0.25) is 0 Å². The van der Waals surface area contributed by atoms with Gasteiger partial charge < -0.3 is 14.8 Å². The molecule has 0 heterocycles. The van der Waals surface area contributed by atoms with E-state index in [-0.39, 0.29) is 5.60 Å². The van der Waals surface area contributed by atoms with Crippen LogP contribution in [0.5, 0.6) is 0 Å². The summed E-state index contributed by atoms with van der Waals surface area (Å²) in [7, 11) is 3.69. The summed E-state index contributed by atoms with van der Waals surface area (Å²) in [5, 5.41) is 3.12. The minimum atomic E-state index is -0.0715. The molecule has 3 nitrogen and oxygen atoms in total. The van der Waals surface area contributed by atoms with Crippen LogP contribution in [0.2, 0.25) is 0 Å². The number of hydrogen-bond donors (Lipinski definition) is 1. The Bertz CT molecular complexity index is 137. The van der Waals surface area contributed by atoms with Crippen molar-refractivity contribution in [2.24, 2.45) is 0 Å². The zero-order valence-corrected chi connectivity index (χ0v) is 10.2. The molecule has 0 amide bonds. The van der Waals surface area contributed by atoms with Gasteiger partial charge in [0.25, 0.3) is 0 Å². The molecule has 0 radical (unpaired) electrons. The molecular formula is C11H25NO2. The summed E-state index contributed by atoms with van der Waals surface area (Å²) in [6, 6.07) is 0. The minimum Gasteiger partial charge on any atom is -0.379 e. The van der Waals surface area contributed by atoms with Crippen LogP contribution in [0.25, 0.3) is 0 Å². The molecule has 86 valence electrons. The van der Waals surface area contributed by atoms with E-state index < -0.39 is 0 Å². The van der Waals surface area contributed by atoms with Crippen molar-refractivity contribution in [3.8, 4) is 0 Å². The van der Waals surface area contributed by atoms with Crippen LogP contribution < -0.4 is 5.32 Å². The highest BCUT2D eigenvalue weighted by Crippen LogP contribution is 2.13. The predicted octanol–water partition coefficient (Wildman–Crippen LogP) is 1.82. The average molecular weight is 203 g/mol. The molecule has 14 heavy (non-hydrogen) atoms. The summed E-state index contributed by atoms with van der Waals surface area (Å²) in [6.07, 6.45) is 2.31. The fourth-order valence-corrected chi connectivity index (χ4v) is 1.12. The molecule has 0 fully saturated rings. The Morgan fingerprint density at radius 2 is 2.00 bits per heavy atom. The smallest absolute Gasteiger partial charge is 0.0696 e. The van der Waals surface area contributed by atoms with Gasteiger partial charge in [-0.2, -0.15) is 0 Å². The molecule has 1 unspecified atom stereocenters. The van der Waals surface area contributed by atoms with Crippen molar-refractivity contribution in [2.45, 2.75) is 45.3 Å². The zero-order chi connectivity index (χ0) is 11.0. The molecule has 0 spiro atoms. The summed E-state index contributed by atoms with van der Waals surface area (Å²) in [4.78, 5) is 0. The first kappa shape index (κ1) is 13.9. The third-order valence-electron chi connectivity index (χ3n) is 2.50. The Balaban J connectivity index is 3.60. The van der Waals surface area contributed by atoms with Gasteiger partial charge in [0.2, 0.25) is 0 Å². The molecule has 0 bridgehead atoms. The Morgan fingerprint density at radius 3 is 2.43 bits per heavy atom. The highest BCUT2D eigenvalue weighted by atomic mass is 16.5. The van der Waals surface area contributed by atoms with E-state index in [1.807, 2.05) is 7.05 Å². The molecule has 0 aliphatic rings. The molecule has 0 rings (SSSR count). The topological polar surface area (TPSA) is 30.5 Å². The van der Waals surface area contributed by atoms with Gasteiger partial charge in [-0.05, 0) is 33.7 Å². The highest BCUT2D eigenvalue weighted by molar-refractivity contribution is 4.67. The van der Waals surface area contributed by atoms with Crippen LogP contribution in [-0.4, -0.2) is 39.0 Å². The number of likely N-dealkylation sites (N-methyl/N-ethyl adjacent to an activating group) is 1. The molecule has 3 heteroatoms. The van der Waals surface area contributed by atoms with E-state index in [2.05, 4.69) is 26.1 Å². The lowest BCUT2D eigenvalue weighted by molar-refractivity contribution is -0.0267. The monoisotopic (exact) mass is 203 g/mol. The van der Waals surface area contributed by atoms with E-state index in [0.29, 0.717) is 6.10 Å². The van der Waals surface area contributed by atoms with Crippen molar-refractivity contribution in [2.75, 3.05) is 27.3 Å². The first-order chi connectivity index (χ1) is 6.55. The van der Waals surface area contributed by atoms with Crippen molar-refractivity contribution in [3.05, 3.63) is 0 Å². The van der Waals surface area contributed by atoms with Crippen molar-refractivity contribution < 1.29 is 9.47 Å². The molecule has 0 aromatic carbocycles. The number of methoxy groups -OCH3 is 1. The fraction of sp³-hybridized carbons (Fsp3) is 1.00. The summed E-state index contributed by atoms with van der Waals surface area (Å²) in [5.41, 5.74) is -0.0715. The molecule has 0 saturated carbocycles. The quantitative estimate of drug-likeness (QED) is 0.652. The Morgan fingerprint density at radius 1 is 1.36 bits per heavy atom. The van der Waals surface area contributed by atoms with Crippen molar-refractivity contribution in [1.29, 1.82) is 0 Å². The second kappa shape index (κ2) is 7.21. The molecule has 0 aliphatic heterocycles. The summed E-state index contributed by atoms with van der Waals surface area (Å²) in [6.45, 7) is 7.99. The van der Waals surface area contributed by atoms with E-state index in [9.17, 15) is 0 Å². The highest BCUT2D eigenvalue weighted by Gasteiger charge is 2.16. The van der Waals surface area contributed by atoms with Gasteiger partial charge in [-0.1, -0.05) is 6.92 Å². The Kier molecular flexibility index (Phi) is 7.15. The maximum absolute atomic E-state index is 5.73. The molecular weight excluding hydrogens is 178 g/mol. The van der Waals surface area contributed by atoms with Gasteiger partial charge in [0.1, 0.15) is 0 Å². The summed E-state index contributed by atoms with van der Waals surface area (Å²) in [5.74, 6) is 0. The van der Waals surface area contributed by atoms with Gasteiger partial charge in [0.15, 0.2) is 0 Å². The van der Waals surface area contributed by atoms with Crippen LogP contribution in [0.3, 0.4) is 0 Å². The number of ether oxygens (including phenoxy) is 2. The fourth-order valence-electron chi connectivity index (χ4n) is 1.12. The molecule has 1 N–H and O–H groups in total. The largest absolute Gasteiger partial charge is 0.379 e. The normalized spacial score (nSPS) is 14.4. The molecule has 1 atom stereocenters.